The number of ether oxygens (including phenoxy) is 1. The van der Waals surface area contributed by atoms with E-state index < -0.39 is 0 Å². The summed E-state index contributed by atoms with van der Waals surface area (Å²) in [6, 6.07) is 14.0. The van der Waals surface area contributed by atoms with Gasteiger partial charge in [0.15, 0.2) is 0 Å². The molecule has 1 aromatic carbocycles. The van der Waals surface area contributed by atoms with Crippen molar-refractivity contribution in [3.63, 3.8) is 0 Å². The van der Waals surface area contributed by atoms with Crippen LogP contribution in [0.4, 0.5) is 5.69 Å². The number of nitrogens with one attached hydrogen (secondary N) is 1. The molecule has 0 amide bonds. The van der Waals surface area contributed by atoms with Crippen LogP contribution in [0.5, 0.6) is 5.75 Å². The fourth-order valence-corrected chi connectivity index (χ4v) is 1.84. The molecule has 0 bridgehead atoms. The average Bonchev–Trinajstić information content (AvgIpc) is 2.52. The second-order valence-corrected chi connectivity index (χ2v) is 4.80. The first kappa shape index (κ1) is 14.9. The molecule has 1 aromatic heterocycles. The summed E-state index contributed by atoms with van der Waals surface area (Å²) in [5, 5.41) is 11.8. The molecule has 0 saturated carbocycles. The largest absolute Gasteiger partial charge is 0.493 e. The molecule has 108 valence electrons. The molecule has 0 aliphatic heterocycles. The molecule has 1 heterocycles. The van der Waals surface area contributed by atoms with Gasteiger partial charge in [0.1, 0.15) is 5.75 Å². The maximum atomic E-state index is 8.48. The van der Waals surface area contributed by atoms with Crippen LogP contribution < -0.4 is 10.1 Å². The van der Waals surface area contributed by atoms with Crippen LogP contribution >= 0.6 is 0 Å². The highest BCUT2D eigenvalue weighted by Crippen LogP contribution is 2.18. The van der Waals surface area contributed by atoms with Gasteiger partial charge < -0.3 is 10.1 Å². The molecule has 0 saturated heterocycles. The number of benzene rings is 1. The first-order valence-corrected chi connectivity index (χ1v) is 7.03. The lowest BCUT2D eigenvalue weighted by molar-refractivity contribution is 0.313. The van der Waals surface area contributed by atoms with Crippen molar-refractivity contribution in [2.75, 3.05) is 11.9 Å². The van der Waals surface area contributed by atoms with Crippen LogP contribution in [0.25, 0.3) is 0 Å². The summed E-state index contributed by atoms with van der Waals surface area (Å²) < 4.78 is 5.61. The third-order valence-corrected chi connectivity index (χ3v) is 3.00. The van der Waals surface area contributed by atoms with Crippen LogP contribution in [0, 0.1) is 18.3 Å². The van der Waals surface area contributed by atoms with E-state index in [2.05, 4.69) is 22.4 Å². The molecule has 0 aliphatic carbocycles. The Morgan fingerprint density at radius 2 is 2.19 bits per heavy atom. The molecule has 0 fully saturated rings. The smallest absolute Gasteiger partial charge is 0.121 e. The molecule has 0 unspecified atom stereocenters. The van der Waals surface area contributed by atoms with Crippen LogP contribution in [0.1, 0.15) is 24.1 Å². The molecule has 0 atom stereocenters. The van der Waals surface area contributed by atoms with Crippen molar-refractivity contribution in [2.45, 2.75) is 26.3 Å². The topological polar surface area (TPSA) is 57.9 Å². The lowest BCUT2D eigenvalue weighted by Gasteiger charge is -2.09. The minimum absolute atomic E-state index is 0.526. The minimum atomic E-state index is 0.526. The van der Waals surface area contributed by atoms with E-state index in [-0.39, 0.29) is 0 Å². The van der Waals surface area contributed by atoms with Crippen LogP contribution in [0.3, 0.4) is 0 Å². The third kappa shape index (κ3) is 5.15. The van der Waals surface area contributed by atoms with E-state index in [1.54, 1.807) is 0 Å². The molecule has 2 aromatic rings. The second-order valence-electron chi connectivity index (χ2n) is 4.80. The second kappa shape index (κ2) is 7.91. The van der Waals surface area contributed by atoms with Crippen molar-refractivity contribution in [1.29, 1.82) is 5.26 Å². The number of pyridine rings is 1. The predicted molar refractivity (Wildman–Crippen MR) is 83.1 cm³/mol. The number of anilines is 1. The fourth-order valence-electron chi connectivity index (χ4n) is 1.84. The van der Waals surface area contributed by atoms with E-state index in [0.29, 0.717) is 13.0 Å². The number of unbranched alkanes of at least 4 members (excludes halogenated alkanes) is 1. The van der Waals surface area contributed by atoms with Gasteiger partial charge >= 0.3 is 0 Å². The van der Waals surface area contributed by atoms with E-state index in [4.69, 9.17) is 10.00 Å². The van der Waals surface area contributed by atoms with Crippen molar-refractivity contribution in [2.24, 2.45) is 0 Å². The van der Waals surface area contributed by atoms with Gasteiger partial charge in [-0.1, -0.05) is 12.1 Å². The standard InChI is InChI=1S/C17H19N3O/c1-14-7-8-15(12-19-14)13-20-16-5-4-6-17(11-16)21-10-3-2-9-18/h4-8,11-12,20H,2-3,10,13H2,1H3. The average molecular weight is 281 g/mol. The molecular formula is C17H19N3O. The van der Waals surface area contributed by atoms with Crippen molar-refractivity contribution < 1.29 is 4.74 Å². The highest BCUT2D eigenvalue weighted by Gasteiger charge is 1.98. The highest BCUT2D eigenvalue weighted by atomic mass is 16.5. The number of aryl methyl sites for hydroxylation is 1. The van der Waals surface area contributed by atoms with Gasteiger partial charge in [0.2, 0.25) is 0 Å². The van der Waals surface area contributed by atoms with Gasteiger partial charge in [0, 0.05) is 36.6 Å². The van der Waals surface area contributed by atoms with Crippen molar-refractivity contribution in [3.05, 3.63) is 53.9 Å². The molecule has 4 nitrogen and oxygen atoms in total. The molecule has 21 heavy (non-hydrogen) atoms. The molecule has 4 heteroatoms. The summed E-state index contributed by atoms with van der Waals surface area (Å²) in [6.45, 7) is 3.27. The maximum Gasteiger partial charge on any atom is 0.121 e. The Hall–Kier alpha value is -2.54. The zero-order valence-corrected chi connectivity index (χ0v) is 12.2. The van der Waals surface area contributed by atoms with Crippen molar-refractivity contribution in [3.8, 4) is 11.8 Å². The Kier molecular flexibility index (Phi) is 5.60. The van der Waals surface area contributed by atoms with E-state index in [1.807, 2.05) is 43.5 Å². The molecule has 2 rings (SSSR count). The zero-order chi connectivity index (χ0) is 14.9. The summed E-state index contributed by atoms with van der Waals surface area (Å²) in [7, 11) is 0. The van der Waals surface area contributed by atoms with Gasteiger partial charge in [0.05, 0.1) is 12.7 Å². The van der Waals surface area contributed by atoms with E-state index in [1.165, 1.54) is 0 Å². The summed E-state index contributed by atoms with van der Waals surface area (Å²) in [6.07, 6.45) is 3.16. The number of aromatic nitrogens is 1. The molecule has 0 aliphatic rings. The molecular weight excluding hydrogens is 262 g/mol. The summed E-state index contributed by atoms with van der Waals surface area (Å²) in [5.41, 5.74) is 3.17. The van der Waals surface area contributed by atoms with Gasteiger partial charge in [-0.15, -0.1) is 0 Å². The molecule has 0 radical (unpaired) electrons. The van der Waals surface area contributed by atoms with Crippen molar-refractivity contribution in [1.82, 2.24) is 4.98 Å². The minimum Gasteiger partial charge on any atom is -0.493 e. The van der Waals surface area contributed by atoms with Gasteiger partial charge in [-0.25, -0.2) is 0 Å². The lowest BCUT2D eigenvalue weighted by Crippen LogP contribution is -2.01. The zero-order valence-electron chi connectivity index (χ0n) is 12.2. The third-order valence-electron chi connectivity index (χ3n) is 3.00. The Morgan fingerprint density at radius 1 is 1.29 bits per heavy atom. The number of nitrogens with zero attached hydrogens (tertiary/aromatic N) is 2. The fraction of sp³-hybridized carbons (Fsp3) is 0.294. The predicted octanol–water partition coefficient (Wildman–Crippen LogP) is 3.68. The number of rotatable bonds is 7. The van der Waals surface area contributed by atoms with Crippen LogP contribution in [-0.4, -0.2) is 11.6 Å². The van der Waals surface area contributed by atoms with E-state index in [9.17, 15) is 0 Å². The number of hydrogen-bond acceptors (Lipinski definition) is 4. The Balaban J connectivity index is 1.86. The first-order valence-electron chi connectivity index (χ1n) is 7.03. The summed E-state index contributed by atoms with van der Waals surface area (Å²) in [4.78, 5) is 4.28. The first-order chi connectivity index (χ1) is 10.3. The highest BCUT2D eigenvalue weighted by molar-refractivity contribution is 5.48. The SMILES string of the molecule is Cc1ccc(CNc2cccc(OCCCC#N)c2)cn1. The van der Waals surface area contributed by atoms with Gasteiger partial charge in [-0.05, 0) is 37.1 Å². The Morgan fingerprint density at radius 3 is 2.95 bits per heavy atom. The lowest BCUT2D eigenvalue weighted by atomic mass is 10.2. The van der Waals surface area contributed by atoms with Crippen LogP contribution in [0.2, 0.25) is 0 Å². The van der Waals surface area contributed by atoms with Gasteiger partial charge in [-0.3, -0.25) is 4.98 Å². The number of nitriles is 1. The van der Waals surface area contributed by atoms with E-state index >= 15 is 0 Å². The summed E-state index contributed by atoms with van der Waals surface area (Å²) in [5.74, 6) is 0.819. The van der Waals surface area contributed by atoms with E-state index in [0.717, 1.165) is 35.7 Å². The van der Waals surface area contributed by atoms with Gasteiger partial charge in [0.25, 0.3) is 0 Å². The van der Waals surface area contributed by atoms with Crippen LogP contribution in [-0.2, 0) is 6.54 Å². The summed E-state index contributed by atoms with van der Waals surface area (Å²) >= 11 is 0. The normalized spacial score (nSPS) is 9.90. The Labute approximate surface area is 125 Å². The number of hydrogen-bond donors (Lipinski definition) is 1. The van der Waals surface area contributed by atoms with Gasteiger partial charge in [-0.2, -0.15) is 5.26 Å². The monoisotopic (exact) mass is 281 g/mol. The molecule has 0 spiro atoms. The molecule has 1 N–H and O–H groups in total. The van der Waals surface area contributed by atoms with Crippen molar-refractivity contribution >= 4 is 5.69 Å². The van der Waals surface area contributed by atoms with Crippen LogP contribution in [0.15, 0.2) is 42.6 Å². The quantitative estimate of drug-likeness (QED) is 0.786. The maximum absolute atomic E-state index is 8.48. The Bertz CT molecular complexity index is 602.